The molecule has 0 saturated carbocycles. The quantitative estimate of drug-likeness (QED) is 0.341. The summed E-state index contributed by atoms with van der Waals surface area (Å²) < 4.78 is 11.1. The highest BCUT2D eigenvalue weighted by atomic mass is 16.6. The maximum absolute atomic E-state index is 11.8. The van der Waals surface area contributed by atoms with Crippen LogP contribution in [0.3, 0.4) is 0 Å². The lowest BCUT2D eigenvalue weighted by Crippen LogP contribution is -2.04. The molecule has 0 radical (unpaired) electrons. The van der Waals surface area contributed by atoms with Crippen LogP contribution in [0.15, 0.2) is 67.0 Å². The Balaban J connectivity index is 1.72. The zero-order valence-corrected chi connectivity index (χ0v) is 16.3. The maximum atomic E-state index is 11.8. The van der Waals surface area contributed by atoms with Gasteiger partial charge in [-0.3, -0.25) is 10.1 Å². The highest BCUT2D eigenvalue weighted by molar-refractivity contribution is 5.84. The third kappa shape index (κ3) is 3.83. The molecule has 0 saturated heterocycles. The van der Waals surface area contributed by atoms with Crippen molar-refractivity contribution >= 4 is 28.0 Å². The molecule has 1 heterocycles. The number of ether oxygens (including phenoxy) is 2. The van der Waals surface area contributed by atoms with E-state index in [4.69, 9.17) is 9.47 Å². The number of hydrogen-bond donors (Lipinski definition) is 1. The summed E-state index contributed by atoms with van der Waals surface area (Å²) in [5, 5.41) is 16.8. The smallest absolute Gasteiger partial charge is 0.373 e. The maximum Gasteiger partial charge on any atom is 0.373 e. The van der Waals surface area contributed by atoms with Crippen LogP contribution in [-0.4, -0.2) is 22.0 Å². The van der Waals surface area contributed by atoms with Crippen LogP contribution in [0.2, 0.25) is 0 Å². The van der Waals surface area contributed by atoms with Crippen LogP contribution >= 0.6 is 0 Å². The Labute approximate surface area is 172 Å². The molecule has 0 aliphatic carbocycles. The molecule has 0 fully saturated rings. The molecule has 1 aromatic heterocycles. The first-order valence-electron chi connectivity index (χ1n) is 9.13. The van der Waals surface area contributed by atoms with Gasteiger partial charge < -0.3 is 14.8 Å². The van der Waals surface area contributed by atoms with Gasteiger partial charge in [-0.15, -0.1) is 0 Å². The van der Waals surface area contributed by atoms with Gasteiger partial charge in [0.05, 0.1) is 17.7 Å². The van der Waals surface area contributed by atoms with Gasteiger partial charge in [0.1, 0.15) is 17.8 Å². The van der Waals surface area contributed by atoms with Gasteiger partial charge in [0.15, 0.2) is 0 Å². The second kappa shape index (κ2) is 8.04. The molecule has 0 atom stereocenters. The van der Waals surface area contributed by atoms with E-state index < -0.39 is 4.92 Å². The normalized spacial score (nSPS) is 10.6. The van der Waals surface area contributed by atoms with Crippen LogP contribution in [0.25, 0.3) is 10.8 Å². The average molecular weight is 402 g/mol. The molecule has 0 aliphatic rings. The molecule has 3 aromatic carbocycles. The van der Waals surface area contributed by atoms with Crippen molar-refractivity contribution in [2.24, 2.45) is 0 Å². The molecule has 0 amide bonds. The second-order valence-corrected chi connectivity index (χ2v) is 6.57. The lowest BCUT2D eigenvalue weighted by Gasteiger charge is -2.13. The van der Waals surface area contributed by atoms with Crippen molar-refractivity contribution in [3.63, 3.8) is 0 Å². The number of fused-ring (bicyclic) bond motifs is 1. The van der Waals surface area contributed by atoms with E-state index in [9.17, 15) is 10.1 Å². The van der Waals surface area contributed by atoms with Crippen molar-refractivity contribution in [1.29, 1.82) is 0 Å². The molecule has 0 unspecified atom stereocenters. The molecular weight excluding hydrogens is 384 g/mol. The predicted molar refractivity (Wildman–Crippen MR) is 114 cm³/mol. The minimum atomic E-state index is -0.568. The van der Waals surface area contributed by atoms with E-state index in [1.807, 2.05) is 49.4 Å². The Morgan fingerprint density at radius 1 is 1.00 bits per heavy atom. The number of nitro groups is 1. The number of methoxy groups -OCH3 is 1. The van der Waals surface area contributed by atoms with Gasteiger partial charge in [0.25, 0.3) is 0 Å². The molecule has 4 aromatic rings. The third-order valence-electron chi connectivity index (χ3n) is 4.51. The minimum absolute atomic E-state index is 0.00897. The van der Waals surface area contributed by atoms with Crippen LogP contribution in [-0.2, 0) is 0 Å². The van der Waals surface area contributed by atoms with Crippen LogP contribution in [0.1, 0.15) is 5.56 Å². The van der Waals surface area contributed by atoms with Crippen molar-refractivity contribution in [3.05, 3.63) is 82.7 Å². The fourth-order valence-corrected chi connectivity index (χ4v) is 3.08. The van der Waals surface area contributed by atoms with Gasteiger partial charge in [-0.2, -0.15) is 4.98 Å². The molecule has 0 spiro atoms. The monoisotopic (exact) mass is 402 g/mol. The van der Waals surface area contributed by atoms with Crippen molar-refractivity contribution in [2.45, 2.75) is 6.92 Å². The Bertz CT molecular complexity index is 1240. The Morgan fingerprint density at radius 3 is 2.57 bits per heavy atom. The van der Waals surface area contributed by atoms with Gasteiger partial charge in [-0.1, -0.05) is 36.4 Å². The zero-order valence-electron chi connectivity index (χ0n) is 16.3. The number of aryl methyl sites for hydroxylation is 1. The second-order valence-electron chi connectivity index (χ2n) is 6.57. The van der Waals surface area contributed by atoms with E-state index >= 15 is 0 Å². The highest BCUT2D eigenvalue weighted by Gasteiger charge is 2.26. The summed E-state index contributed by atoms with van der Waals surface area (Å²) in [5.74, 6) is 0.828. The van der Waals surface area contributed by atoms with E-state index in [2.05, 4.69) is 15.3 Å². The van der Waals surface area contributed by atoms with Crippen LogP contribution in [0.4, 0.5) is 17.2 Å². The van der Waals surface area contributed by atoms with Crippen LogP contribution in [0, 0.1) is 17.0 Å². The third-order valence-corrected chi connectivity index (χ3v) is 4.51. The number of nitrogens with zero attached hydrogens (tertiary/aromatic N) is 3. The topological polar surface area (TPSA) is 99.4 Å². The van der Waals surface area contributed by atoms with Crippen molar-refractivity contribution in [2.75, 3.05) is 12.4 Å². The molecule has 150 valence electrons. The van der Waals surface area contributed by atoms with Crippen LogP contribution < -0.4 is 14.8 Å². The van der Waals surface area contributed by atoms with Crippen molar-refractivity contribution < 1.29 is 14.4 Å². The number of hydrogen-bond acceptors (Lipinski definition) is 7. The standard InChI is InChI=1S/C22H18N4O4/c1-14-7-10-19(29-2)18(11-14)25-21-20(26(27)28)22(24-13-23-21)30-17-9-8-15-5-3-4-6-16(15)12-17/h3-13H,1-2H3,(H,23,24,25). The Hall–Kier alpha value is -4.20. The molecule has 1 N–H and O–H groups in total. The van der Waals surface area contributed by atoms with E-state index in [1.165, 1.54) is 13.4 Å². The SMILES string of the molecule is COc1ccc(C)cc1Nc1ncnc(Oc2ccc3ccccc3c2)c1[N+](=O)[O-]. The van der Waals surface area contributed by atoms with Crippen molar-refractivity contribution in [3.8, 4) is 17.4 Å². The largest absolute Gasteiger partial charge is 0.495 e. The fraction of sp³-hybridized carbons (Fsp3) is 0.0909. The highest BCUT2D eigenvalue weighted by Crippen LogP contribution is 2.38. The van der Waals surface area contributed by atoms with E-state index in [0.717, 1.165) is 16.3 Å². The summed E-state index contributed by atoms with van der Waals surface area (Å²) >= 11 is 0. The zero-order chi connectivity index (χ0) is 21.1. The van der Waals surface area contributed by atoms with Crippen LogP contribution in [0.5, 0.6) is 17.4 Å². The summed E-state index contributed by atoms with van der Waals surface area (Å²) in [5.41, 5.74) is 1.15. The van der Waals surface area contributed by atoms with E-state index in [1.54, 1.807) is 18.2 Å². The molecule has 0 bridgehead atoms. The Kier molecular flexibility index (Phi) is 5.13. The number of benzene rings is 3. The summed E-state index contributed by atoms with van der Waals surface area (Å²) in [6.45, 7) is 1.91. The minimum Gasteiger partial charge on any atom is -0.495 e. The number of anilines is 2. The average Bonchev–Trinajstić information content (AvgIpc) is 2.74. The first kappa shape index (κ1) is 19.1. The fourth-order valence-electron chi connectivity index (χ4n) is 3.08. The molecule has 0 aliphatic heterocycles. The molecule has 4 rings (SSSR count). The number of rotatable bonds is 6. The lowest BCUT2D eigenvalue weighted by atomic mass is 10.1. The molecule has 8 heteroatoms. The summed E-state index contributed by atoms with van der Waals surface area (Å²) in [7, 11) is 1.53. The summed E-state index contributed by atoms with van der Waals surface area (Å²) in [4.78, 5) is 19.3. The lowest BCUT2D eigenvalue weighted by molar-refractivity contribution is -0.385. The summed E-state index contributed by atoms with van der Waals surface area (Å²) in [6.07, 6.45) is 1.22. The molecule has 30 heavy (non-hydrogen) atoms. The Morgan fingerprint density at radius 2 is 1.80 bits per heavy atom. The van der Waals surface area contributed by atoms with E-state index in [0.29, 0.717) is 17.2 Å². The first-order chi connectivity index (χ1) is 14.5. The van der Waals surface area contributed by atoms with Gasteiger partial charge in [-0.25, -0.2) is 4.98 Å². The molecule has 8 nitrogen and oxygen atoms in total. The molecular formula is C22H18N4O4. The number of nitrogens with one attached hydrogen (secondary N) is 1. The van der Waals surface area contributed by atoms with Crippen molar-refractivity contribution in [1.82, 2.24) is 9.97 Å². The summed E-state index contributed by atoms with van der Waals surface area (Å²) in [6, 6.07) is 18.7. The predicted octanol–water partition coefficient (Wildman–Crippen LogP) is 5.39. The first-order valence-corrected chi connectivity index (χ1v) is 9.13. The number of aromatic nitrogens is 2. The van der Waals surface area contributed by atoms with Gasteiger partial charge in [0, 0.05) is 0 Å². The van der Waals surface area contributed by atoms with Gasteiger partial charge >= 0.3 is 11.6 Å². The van der Waals surface area contributed by atoms with Gasteiger partial charge in [-0.05, 0) is 47.5 Å². The van der Waals surface area contributed by atoms with E-state index in [-0.39, 0.29) is 17.4 Å². The van der Waals surface area contributed by atoms with Gasteiger partial charge in [0.2, 0.25) is 5.82 Å².